The van der Waals surface area contributed by atoms with Crippen molar-refractivity contribution in [2.45, 2.75) is 63.6 Å². The molecule has 41 heavy (non-hydrogen) atoms. The van der Waals surface area contributed by atoms with Gasteiger partial charge >= 0.3 is 0 Å². The van der Waals surface area contributed by atoms with Gasteiger partial charge in [0.25, 0.3) is 5.92 Å². The Morgan fingerprint density at radius 1 is 0.902 bits per heavy atom. The molecule has 2 aromatic rings. The zero-order valence-corrected chi connectivity index (χ0v) is 24.1. The average Bonchev–Trinajstić information content (AvgIpc) is 3.01. The highest BCUT2D eigenvalue weighted by molar-refractivity contribution is 6.01. The predicted octanol–water partition coefficient (Wildman–Crippen LogP) is 5.53. The van der Waals surface area contributed by atoms with Gasteiger partial charge in [0.05, 0.1) is 19.3 Å². The van der Waals surface area contributed by atoms with Gasteiger partial charge in [-0.3, -0.25) is 4.99 Å². The number of rotatable bonds is 1. The van der Waals surface area contributed by atoms with Gasteiger partial charge in [-0.1, -0.05) is 37.1 Å². The SMILES string of the molecule is C[C@H]1N=C2NNC(OCCCCCCN3CCC(CC3)C(F)(F)c3cccc1c3)c1ccc(N3CCOCC3)cc12. The van der Waals surface area contributed by atoms with Gasteiger partial charge in [0.1, 0.15) is 5.84 Å². The first kappa shape index (κ1) is 28.5. The summed E-state index contributed by atoms with van der Waals surface area (Å²) in [4.78, 5) is 9.71. The number of nitrogens with one attached hydrogen (secondary N) is 2. The number of alkyl halides is 2. The van der Waals surface area contributed by atoms with Crippen LogP contribution >= 0.6 is 0 Å². The third-order valence-electron chi connectivity index (χ3n) is 9.10. The molecule has 0 radical (unpaired) electrons. The van der Waals surface area contributed by atoms with Gasteiger partial charge in [-0.15, -0.1) is 0 Å². The molecule has 6 bridgehead atoms. The van der Waals surface area contributed by atoms with Crippen molar-refractivity contribution >= 4 is 11.5 Å². The predicted molar refractivity (Wildman–Crippen MR) is 157 cm³/mol. The molecule has 2 N–H and O–H groups in total. The van der Waals surface area contributed by atoms with E-state index in [0.29, 0.717) is 38.5 Å². The summed E-state index contributed by atoms with van der Waals surface area (Å²) in [6.45, 7) is 8.21. The number of amidine groups is 1. The summed E-state index contributed by atoms with van der Waals surface area (Å²) in [7, 11) is 0. The lowest BCUT2D eigenvalue weighted by Gasteiger charge is -2.36. The Kier molecular flexibility index (Phi) is 8.86. The number of hydrogen-bond acceptors (Lipinski definition) is 7. The standard InChI is InChI=1S/C32H43F2N5O2/c1-23-24-7-6-8-26(21-24)32(33,34)25-11-14-38(15-12-25)13-4-2-3-5-18-41-31-28-10-9-27(39-16-19-40-20-17-39)22-29(28)30(35-23)36-37-31/h6-10,21-23,25,31,37H,2-5,11-20H2,1H3,(H,35,36)/t23-,31?/m1/s1. The number of anilines is 1. The molecule has 0 aromatic heterocycles. The molecule has 2 fully saturated rings. The molecule has 222 valence electrons. The van der Waals surface area contributed by atoms with Gasteiger partial charge in [-0.05, 0) is 76.0 Å². The highest BCUT2D eigenvalue weighted by atomic mass is 19.3. The minimum Gasteiger partial charge on any atom is -0.378 e. The molecule has 9 rings (SSSR count). The summed E-state index contributed by atoms with van der Waals surface area (Å²) in [5, 5.41) is 0. The number of hydrazine groups is 1. The maximum absolute atomic E-state index is 15.8. The molecule has 1 unspecified atom stereocenters. The number of morpholine rings is 1. The van der Waals surface area contributed by atoms with Gasteiger partial charge in [0, 0.05) is 48.0 Å². The molecule has 0 saturated carbocycles. The Balaban J connectivity index is 1.33. The Morgan fingerprint density at radius 2 is 1.71 bits per heavy atom. The molecular weight excluding hydrogens is 524 g/mol. The van der Waals surface area contributed by atoms with Crippen LogP contribution in [0.15, 0.2) is 47.5 Å². The highest BCUT2D eigenvalue weighted by Crippen LogP contribution is 2.42. The lowest BCUT2D eigenvalue weighted by atomic mass is 9.85. The number of halogens is 2. The minimum atomic E-state index is -2.86. The second-order valence-corrected chi connectivity index (χ2v) is 11.8. The van der Waals surface area contributed by atoms with Gasteiger partial charge in [-0.2, -0.15) is 0 Å². The molecule has 2 saturated heterocycles. The van der Waals surface area contributed by atoms with Crippen LogP contribution in [-0.4, -0.2) is 63.3 Å². The van der Waals surface area contributed by atoms with Gasteiger partial charge in [-0.25, -0.2) is 14.2 Å². The van der Waals surface area contributed by atoms with Crippen molar-refractivity contribution in [1.82, 2.24) is 15.8 Å². The summed E-state index contributed by atoms with van der Waals surface area (Å²) in [6.07, 6.45) is 5.06. The van der Waals surface area contributed by atoms with Gasteiger partial charge in [0.15, 0.2) is 6.23 Å². The van der Waals surface area contributed by atoms with Crippen molar-refractivity contribution in [3.63, 3.8) is 0 Å². The topological polar surface area (TPSA) is 61.4 Å². The molecule has 0 aliphatic carbocycles. The smallest absolute Gasteiger partial charge is 0.276 e. The number of aliphatic imine (C=N–C) groups is 1. The van der Waals surface area contributed by atoms with E-state index in [2.05, 4.69) is 38.9 Å². The molecule has 2 aromatic carbocycles. The van der Waals surface area contributed by atoms with Crippen molar-refractivity contribution in [3.8, 4) is 0 Å². The highest BCUT2D eigenvalue weighted by Gasteiger charge is 2.42. The van der Waals surface area contributed by atoms with Crippen LogP contribution < -0.4 is 15.8 Å². The van der Waals surface area contributed by atoms with E-state index in [1.807, 2.05) is 13.0 Å². The third-order valence-corrected chi connectivity index (χ3v) is 9.10. The van der Waals surface area contributed by atoms with E-state index in [1.54, 1.807) is 18.2 Å². The summed E-state index contributed by atoms with van der Waals surface area (Å²) in [5.41, 5.74) is 10.6. The Morgan fingerprint density at radius 3 is 2.54 bits per heavy atom. The largest absolute Gasteiger partial charge is 0.378 e. The van der Waals surface area contributed by atoms with Crippen LogP contribution in [-0.2, 0) is 15.4 Å². The zero-order chi connectivity index (χ0) is 28.2. The van der Waals surface area contributed by atoms with Crippen molar-refractivity contribution in [2.24, 2.45) is 10.9 Å². The minimum absolute atomic E-state index is 0.101. The van der Waals surface area contributed by atoms with E-state index in [9.17, 15) is 0 Å². The second kappa shape index (κ2) is 12.7. The van der Waals surface area contributed by atoms with Crippen LogP contribution in [0.25, 0.3) is 0 Å². The summed E-state index contributed by atoms with van der Waals surface area (Å²) in [6, 6.07) is 13.0. The van der Waals surface area contributed by atoms with Crippen molar-refractivity contribution < 1.29 is 18.3 Å². The Labute approximate surface area is 242 Å². The fraction of sp³-hybridized carbons (Fsp3) is 0.594. The van der Waals surface area contributed by atoms with Gasteiger partial charge in [0.2, 0.25) is 0 Å². The number of nitrogens with zero attached hydrogens (tertiary/aromatic N) is 3. The fourth-order valence-corrected chi connectivity index (χ4v) is 6.53. The molecule has 0 spiro atoms. The Hall–Kier alpha value is -2.59. The number of benzene rings is 2. The monoisotopic (exact) mass is 567 g/mol. The number of piperidine rings is 1. The normalized spacial score (nSPS) is 29.1. The molecule has 0 amide bonds. The summed E-state index contributed by atoms with van der Waals surface area (Å²) < 4.78 is 43.4. The third kappa shape index (κ3) is 6.43. The van der Waals surface area contributed by atoms with E-state index in [4.69, 9.17) is 14.5 Å². The maximum Gasteiger partial charge on any atom is 0.276 e. The van der Waals surface area contributed by atoms with E-state index < -0.39 is 11.8 Å². The first-order valence-corrected chi connectivity index (χ1v) is 15.4. The van der Waals surface area contributed by atoms with Crippen LogP contribution in [0.5, 0.6) is 0 Å². The van der Waals surface area contributed by atoms with Crippen molar-refractivity contribution in [3.05, 3.63) is 64.7 Å². The van der Waals surface area contributed by atoms with Gasteiger partial charge < -0.3 is 24.7 Å². The lowest BCUT2D eigenvalue weighted by molar-refractivity contribution is -0.0855. The molecule has 7 heterocycles. The maximum atomic E-state index is 15.8. The Bertz CT molecular complexity index is 1210. The van der Waals surface area contributed by atoms with Crippen LogP contribution in [0.3, 0.4) is 0 Å². The average molecular weight is 568 g/mol. The van der Waals surface area contributed by atoms with E-state index >= 15 is 8.78 Å². The summed E-state index contributed by atoms with van der Waals surface area (Å²) in [5.74, 6) is -2.80. The second-order valence-electron chi connectivity index (χ2n) is 11.8. The van der Waals surface area contributed by atoms with Crippen LogP contribution in [0.1, 0.15) is 80.0 Å². The number of ether oxygens (including phenoxy) is 2. The van der Waals surface area contributed by atoms with Crippen LogP contribution in [0, 0.1) is 5.92 Å². The molecule has 7 nitrogen and oxygen atoms in total. The lowest BCUT2D eigenvalue weighted by Crippen LogP contribution is -2.47. The van der Waals surface area contributed by atoms with Crippen LogP contribution in [0.2, 0.25) is 0 Å². The molecule has 9 heteroatoms. The van der Waals surface area contributed by atoms with E-state index in [0.717, 1.165) is 80.8 Å². The summed E-state index contributed by atoms with van der Waals surface area (Å²) >= 11 is 0. The first-order chi connectivity index (χ1) is 20.0. The quantitative estimate of drug-likeness (QED) is 0.473. The van der Waals surface area contributed by atoms with Crippen LogP contribution in [0.4, 0.5) is 14.5 Å². The first-order valence-electron chi connectivity index (χ1n) is 15.4. The molecule has 7 aliphatic rings. The molecule has 2 atom stereocenters. The fourth-order valence-electron chi connectivity index (χ4n) is 6.53. The zero-order valence-electron chi connectivity index (χ0n) is 24.1. The van der Waals surface area contributed by atoms with Crippen molar-refractivity contribution in [2.75, 3.05) is 57.4 Å². The van der Waals surface area contributed by atoms with E-state index in [-0.39, 0.29) is 17.8 Å². The van der Waals surface area contributed by atoms with E-state index in [1.165, 1.54) is 0 Å². The molecular formula is C32H43F2N5O2. The molecule has 7 aliphatic heterocycles. The van der Waals surface area contributed by atoms with Crippen molar-refractivity contribution in [1.29, 1.82) is 0 Å². The number of hydrogen-bond donors (Lipinski definition) is 2.